The molecule has 0 aromatic rings. The number of sulfonamides is 1. The minimum Gasteiger partial charge on any atom is -0.213 e. The maximum atomic E-state index is 11.1. The van der Waals surface area contributed by atoms with Crippen molar-refractivity contribution in [3.05, 3.63) is 0 Å². The lowest BCUT2D eigenvalue weighted by atomic mass is 10.0. The molecule has 0 aliphatic carbocycles. The van der Waals surface area contributed by atoms with Gasteiger partial charge in [0.1, 0.15) is 0 Å². The summed E-state index contributed by atoms with van der Waals surface area (Å²) in [6.07, 6.45) is 1.28. The second-order valence-electron chi connectivity index (χ2n) is 3.53. The van der Waals surface area contributed by atoms with Crippen LogP contribution in [-0.2, 0) is 10.0 Å². The van der Waals surface area contributed by atoms with Crippen LogP contribution in [-0.4, -0.2) is 32.1 Å². The maximum Gasteiger partial charge on any atom is 0.211 e. The SMILES string of the molecule is CC.CC1CN(S(C)(=O)=O)CC1C. The van der Waals surface area contributed by atoms with Gasteiger partial charge in [-0.2, -0.15) is 0 Å². The summed E-state index contributed by atoms with van der Waals surface area (Å²) in [6.45, 7) is 9.58. The van der Waals surface area contributed by atoms with Gasteiger partial charge in [-0.15, -0.1) is 0 Å². The summed E-state index contributed by atoms with van der Waals surface area (Å²) in [7, 11) is -2.94. The maximum absolute atomic E-state index is 11.1. The number of hydrogen-bond acceptors (Lipinski definition) is 2. The Morgan fingerprint density at radius 1 is 1.08 bits per heavy atom. The van der Waals surface area contributed by atoms with Crippen molar-refractivity contribution in [3.8, 4) is 0 Å². The van der Waals surface area contributed by atoms with E-state index in [9.17, 15) is 8.42 Å². The predicted molar refractivity (Wildman–Crippen MR) is 56.1 cm³/mol. The molecule has 0 amide bonds. The van der Waals surface area contributed by atoms with Gasteiger partial charge in [0.05, 0.1) is 6.26 Å². The van der Waals surface area contributed by atoms with Gasteiger partial charge in [-0.25, -0.2) is 12.7 Å². The molecule has 0 spiro atoms. The highest BCUT2D eigenvalue weighted by Gasteiger charge is 2.31. The minimum atomic E-state index is -2.94. The van der Waals surface area contributed by atoms with E-state index in [2.05, 4.69) is 13.8 Å². The third-order valence-electron chi connectivity index (χ3n) is 2.42. The van der Waals surface area contributed by atoms with E-state index in [-0.39, 0.29) is 0 Å². The van der Waals surface area contributed by atoms with Crippen LogP contribution in [0.15, 0.2) is 0 Å². The zero-order valence-corrected chi connectivity index (χ0v) is 10.1. The molecule has 4 heteroatoms. The highest BCUT2D eigenvalue weighted by Crippen LogP contribution is 2.23. The van der Waals surface area contributed by atoms with E-state index in [1.807, 2.05) is 13.8 Å². The summed E-state index contributed by atoms with van der Waals surface area (Å²) in [6, 6.07) is 0. The van der Waals surface area contributed by atoms with E-state index in [1.165, 1.54) is 6.26 Å². The third-order valence-corrected chi connectivity index (χ3v) is 3.66. The average molecular weight is 207 g/mol. The lowest BCUT2D eigenvalue weighted by molar-refractivity contribution is 0.468. The summed E-state index contributed by atoms with van der Waals surface area (Å²) >= 11 is 0. The smallest absolute Gasteiger partial charge is 0.211 e. The normalized spacial score (nSPS) is 29.6. The van der Waals surface area contributed by atoms with Crippen LogP contribution in [0, 0.1) is 11.8 Å². The van der Waals surface area contributed by atoms with E-state index >= 15 is 0 Å². The van der Waals surface area contributed by atoms with Gasteiger partial charge in [0.2, 0.25) is 10.0 Å². The fourth-order valence-corrected chi connectivity index (χ4v) is 2.36. The first-order valence-electron chi connectivity index (χ1n) is 4.86. The van der Waals surface area contributed by atoms with Crippen molar-refractivity contribution in [2.75, 3.05) is 19.3 Å². The Balaban J connectivity index is 0.000000671. The molecule has 0 bridgehead atoms. The van der Waals surface area contributed by atoms with Crippen molar-refractivity contribution in [1.29, 1.82) is 0 Å². The second kappa shape index (κ2) is 4.96. The Hall–Kier alpha value is -0.0900. The van der Waals surface area contributed by atoms with Gasteiger partial charge in [0, 0.05) is 13.1 Å². The summed E-state index contributed by atoms with van der Waals surface area (Å²) < 4.78 is 23.7. The molecule has 1 rings (SSSR count). The van der Waals surface area contributed by atoms with Gasteiger partial charge in [0.15, 0.2) is 0 Å². The molecule has 0 N–H and O–H groups in total. The van der Waals surface area contributed by atoms with Crippen LogP contribution in [0.1, 0.15) is 27.7 Å². The molecule has 1 saturated heterocycles. The third kappa shape index (κ3) is 3.65. The number of hydrogen-bond donors (Lipinski definition) is 0. The first-order valence-corrected chi connectivity index (χ1v) is 6.71. The molecule has 2 atom stereocenters. The molecular formula is C9H21NO2S. The van der Waals surface area contributed by atoms with E-state index in [1.54, 1.807) is 4.31 Å². The Kier molecular flexibility index (Phi) is 4.92. The Morgan fingerprint density at radius 3 is 1.54 bits per heavy atom. The summed E-state index contributed by atoms with van der Waals surface area (Å²) in [5, 5.41) is 0. The molecule has 0 radical (unpaired) electrons. The number of rotatable bonds is 1. The van der Waals surface area contributed by atoms with Gasteiger partial charge in [-0.3, -0.25) is 0 Å². The van der Waals surface area contributed by atoms with Crippen molar-refractivity contribution in [2.45, 2.75) is 27.7 Å². The van der Waals surface area contributed by atoms with Gasteiger partial charge in [0.25, 0.3) is 0 Å². The van der Waals surface area contributed by atoms with Crippen LogP contribution in [0.25, 0.3) is 0 Å². The summed E-state index contributed by atoms with van der Waals surface area (Å²) in [5.41, 5.74) is 0. The van der Waals surface area contributed by atoms with E-state index in [4.69, 9.17) is 0 Å². The largest absolute Gasteiger partial charge is 0.213 e. The molecule has 1 fully saturated rings. The lowest BCUT2D eigenvalue weighted by Gasteiger charge is -2.11. The van der Waals surface area contributed by atoms with Gasteiger partial charge in [-0.1, -0.05) is 27.7 Å². The minimum absolute atomic E-state index is 0.504. The van der Waals surface area contributed by atoms with Gasteiger partial charge < -0.3 is 0 Å². The Morgan fingerprint density at radius 2 is 1.38 bits per heavy atom. The lowest BCUT2D eigenvalue weighted by Crippen LogP contribution is -2.27. The van der Waals surface area contributed by atoms with Crippen molar-refractivity contribution in [1.82, 2.24) is 4.31 Å². The fraction of sp³-hybridized carbons (Fsp3) is 1.00. The monoisotopic (exact) mass is 207 g/mol. The molecule has 1 aliphatic rings. The van der Waals surface area contributed by atoms with Crippen LogP contribution < -0.4 is 0 Å². The standard InChI is InChI=1S/C7H15NO2S.C2H6/c1-6-4-8(5-7(6)2)11(3,9)10;1-2/h6-7H,4-5H2,1-3H3;1-2H3. The topological polar surface area (TPSA) is 37.4 Å². The fourth-order valence-electron chi connectivity index (χ4n) is 1.35. The van der Waals surface area contributed by atoms with E-state index < -0.39 is 10.0 Å². The van der Waals surface area contributed by atoms with Crippen LogP contribution in [0.5, 0.6) is 0 Å². The van der Waals surface area contributed by atoms with Crippen molar-refractivity contribution < 1.29 is 8.42 Å². The molecule has 3 nitrogen and oxygen atoms in total. The Bertz CT molecular complexity index is 226. The first kappa shape index (κ1) is 12.9. The van der Waals surface area contributed by atoms with Crippen molar-refractivity contribution in [2.24, 2.45) is 11.8 Å². The molecule has 0 aromatic carbocycles. The van der Waals surface area contributed by atoms with Gasteiger partial charge in [-0.05, 0) is 11.8 Å². The van der Waals surface area contributed by atoms with Crippen LogP contribution in [0.4, 0.5) is 0 Å². The van der Waals surface area contributed by atoms with E-state index in [0.29, 0.717) is 24.9 Å². The van der Waals surface area contributed by atoms with Crippen LogP contribution in [0.2, 0.25) is 0 Å². The zero-order chi connectivity index (χ0) is 10.6. The highest BCUT2D eigenvalue weighted by molar-refractivity contribution is 7.88. The van der Waals surface area contributed by atoms with Crippen molar-refractivity contribution in [3.63, 3.8) is 0 Å². The first-order chi connectivity index (χ1) is 5.91. The molecule has 1 aliphatic heterocycles. The summed E-state index contributed by atoms with van der Waals surface area (Å²) in [4.78, 5) is 0. The van der Waals surface area contributed by atoms with Gasteiger partial charge >= 0.3 is 0 Å². The second-order valence-corrected chi connectivity index (χ2v) is 5.52. The molecular weight excluding hydrogens is 186 g/mol. The Labute approximate surface area is 82.2 Å². The molecule has 0 aromatic heterocycles. The number of nitrogens with zero attached hydrogens (tertiary/aromatic N) is 1. The molecule has 1 heterocycles. The molecule has 80 valence electrons. The predicted octanol–water partition coefficient (Wildman–Crippen LogP) is 1.56. The molecule has 2 unspecified atom stereocenters. The quantitative estimate of drug-likeness (QED) is 0.654. The molecule has 0 saturated carbocycles. The zero-order valence-electron chi connectivity index (χ0n) is 9.24. The average Bonchev–Trinajstić information content (AvgIpc) is 2.35. The van der Waals surface area contributed by atoms with Crippen LogP contribution in [0.3, 0.4) is 0 Å². The molecule has 13 heavy (non-hydrogen) atoms. The van der Waals surface area contributed by atoms with E-state index in [0.717, 1.165) is 0 Å². The highest BCUT2D eigenvalue weighted by atomic mass is 32.2. The van der Waals surface area contributed by atoms with Crippen molar-refractivity contribution >= 4 is 10.0 Å². The summed E-state index contributed by atoms with van der Waals surface area (Å²) in [5.74, 6) is 1.01. The van der Waals surface area contributed by atoms with Crippen LogP contribution >= 0.6 is 0 Å².